The van der Waals surface area contributed by atoms with Crippen molar-refractivity contribution in [1.29, 1.82) is 0 Å². The Kier molecular flexibility index (Phi) is 6.05. The maximum atomic E-state index is 11.7. The van der Waals surface area contributed by atoms with E-state index in [-0.39, 0.29) is 11.8 Å². The van der Waals surface area contributed by atoms with E-state index in [1.165, 1.54) is 0 Å². The van der Waals surface area contributed by atoms with Crippen molar-refractivity contribution in [3.63, 3.8) is 0 Å². The van der Waals surface area contributed by atoms with Gasteiger partial charge in [0.15, 0.2) is 0 Å². The molecule has 1 amide bonds. The zero-order chi connectivity index (χ0) is 10.3. The predicted octanol–water partition coefficient (Wildman–Crippen LogP) is 1.90. The first-order chi connectivity index (χ1) is 6.17. The molecule has 0 N–H and O–H groups in total. The third-order valence-electron chi connectivity index (χ3n) is 2.12. The fraction of sp³-hybridized carbons (Fsp3) is 0.727. The molecule has 0 aliphatic rings. The first-order valence-corrected chi connectivity index (χ1v) is 4.89. The monoisotopic (exact) mass is 181 g/mol. The SMILES string of the molecule is C#CCN(CCC)C(=O)C(C)CC. The second-order valence-electron chi connectivity index (χ2n) is 3.27. The van der Waals surface area contributed by atoms with Crippen LogP contribution in [0, 0.1) is 18.3 Å². The fourth-order valence-corrected chi connectivity index (χ4v) is 1.13. The summed E-state index contributed by atoms with van der Waals surface area (Å²) in [6.45, 7) is 7.22. The topological polar surface area (TPSA) is 20.3 Å². The van der Waals surface area contributed by atoms with Crippen LogP contribution in [0.3, 0.4) is 0 Å². The van der Waals surface area contributed by atoms with Gasteiger partial charge in [0, 0.05) is 12.5 Å². The molecule has 0 aromatic rings. The van der Waals surface area contributed by atoms with Gasteiger partial charge in [-0.15, -0.1) is 6.42 Å². The highest BCUT2D eigenvalue weighted by Gasteiger charge is 2.16. The molecule has 0 spiro atoms. The van der Waals surface area contributed by atoms with Crippen molar-refractivity contribution in [3.8, 4) is 12.3 Å². The molecule has 0 saturated heterocycles. The number of nitrogens with zero attached hydrogens (tertiary/aromatic N) is 1. The fourth-order valence-electron chi connectivity index (χ4n) is 1.13. The van der Waals surface area contributed by atoms with Crippen molar-refractivity contribution in [2.45, 2.75) is 33.6 Å². The van der Waals surface area contributed by atoms with Gasteiger partial charge in [-0.25, -0.2) is 0 Å². The Hall–Kier alpha value is -0.970. The smallest absolute Gasteiger partial charge is 0.226 e. The van der Waals surface area contributed by atoms with E-state index in [9.17, 15) is 4.79 Å². The normalized spacial score (nSPS) is 11.8. The van der Waals surface area contributed by atoms with Crippen molar-refractivity contribution in [3.05, 3.63) is 0 Å². The third kappa shape index (κ3) is 3.98. The molecule has 0 bridgehead atoms. The summed E-state index contributed by atoms with van der Waals surface area (Å²) >= 11 is 0. The average Bonchev–Trinajstić information content (AvgIpc) is 2.15. The van der Waals surface area contributed by atoms with Gasteiger partial charge >= 0.3 is 0 Å². The Bertz CT molecular complexity index is 193. The summed E-state index contributed by atoms with van der Waals surface area (Å²) in [6.07, 6.45) is 7.04. The third-order valence-corrected chi connectivity index (χ3v) is 2.12. The zero-order valence-electron chi connectivity index (χ0n) is 8.84. The summed E-state index contributed by atoms with van der Waals surface area (Å²) in [7, 11) is 0. The van der Waals surface area contributed by atoms with E-state index in [1.54, 1.807) is 4.90 Å². The van der Waals surface area contributed by atoms with E-state index in [4.69, 9.17) is 6.42 Å². The number of amides is 1. The van der Waals surface area contributed by atoms with Crippen LogP contribution < -0.4 is 0 Å². The van der Waals surface area contributed by atoms with Crippen molar-refractivity contribution in [2.24, 2.45) is 5.92 Å². The first-order valence-electron chi connectivity index (χ1n) is 4.89. The lowest BCUT2D eigenvalue weighted by atomic mass is 10.1. The second kappa shape index (κ2) is 6.54. The van der Waals surface area contributed by atoms with Gasteiger partial charge in [0.1, 0.15) is 0 Å². The Labute approximate surface area is 81.3 Å². The molecule has 0 fully saturated rings. The quantitative estimate of drug-likeness (QED) is 0.593. The predicted molar refractivity (Wildman–Crippen MR) is 55.2 cm³/mol. The van der Waals surface area contributed by atoms with Crippen molar-refractivity contribution in [1.82, 2.24) is 4.90 Å². The zero-order valence-corrected chi connectivity index (χ0v) is 8.84. The summed E-state index contributed by atoms with van der Waals surface area (Å²) in [5.74, 6) is 2.80. The van der Waals surface area contributed by atoms with Crippen LogP contribution in [0.25, 0.3) is 0 Å². The van der Waals surface area contributed by atoms with Crippen LogP contribution in [0.2, 0.25) is 0 Å². The molecule has 0 aliphatic heterocycles. The van der Waals surface area contributed by atoms with Gasteiger partial charge in [0.05, 0.1) is 6.54 Å². The molecule has 74 valence electrons. The van der Waals surface area contributed by atoms with Crippen LogP contribution in [0.1, 0.15) is 33.6 Å². The van der Waals surface area contributed by atoms with Gasteiger partial charge in [-0.2, -0.15) is 0 Å². The molecular formula is C11H19NO. The Morgan fingerprint density at radius 2 is 2.15 bits per heavy atom. The van der Waals surface area contributed by atoms with Crippen LogP contribution in [-0.2, 0) is 4.79 Å². The van der Waals surface area contributed by atoms with Gasteiger partial charge in [0.2, 0.25) is 5.91 Å². The second-order valence-corrected chi connectivity index (χ2v) is 3.27. The summed E-state index contributed by atoms with van der Waals surface area (Å²) < 4.78 is 0. The minimum absolute atomic E-state index is 0.0971. The van der Waals surface area contributed by atoms with E-state index in [0.717, 1.165) is 19.4 Å². The lowest BCUT2D eigenvalue weighted by molar-refractivity contribution is -0.134. The van der Waals surface area contributed by atoms with Crippen molar-refractivity contribution < 1.29 is 4.79 Å². The van der Waals surface area contributed by atoms with Crippen LogP contribution in [0.4, 0.5) is 0 Å². The number of hydrogen-bond acceptors (Lipinski definition) is 1. The lowest BCUT2D eigenvalue weighted by Gasteiger charge is -2.22. The number of terminal acetylenes is 1. The van der Waals surface area contributed by atoms with Crippen LogP contribution in [0.5, 0.6) is 0 Å². The van der Waals surface area contributed by atoms with Gasteiger partial charge in [-0.05, 0) is 12.8 Å². The van der Waals surface area contributed by atoms with Gasteiger partial charge < -0.3 is 4.90 Å². The van der Waals surface area contributed by atoms with Crippen LogP contribution in [0.15, 0.2) is 0 Å². The highest BCUT2D eigenvalue weighted by molar-refractivity contribution is 5.78. The average molecular weight is 181 g/mol. The van der Waals surface area contributed by atoms with Gasteiger partial charge in [0.25, 0.3) is 0 Å². The molecule has 0 saturated carbocycles. The van der Waals surface area contributed by atoms with Gasteiger partial charge in [-0.3, -0.25) is 4.79 Å². The summed E-state index contributed by atoms with van der Waals surface area (Å²) in [5, 5.41) is 0. The van der Waals surface area contributed by atoms with Crippen molar-refractivity contribution >= 4 is 5.91 Å². The highest BCUT2D eigenvalue weighted by Crippen LogP contribution is 2.06. The van der Waals surface area contributed by atoms with Crippen LogP contribution in [-0.4, -0.2) is 23.9 Å². The molecule has 13 heavy (non-hydrogen) atoms. The van der Waals surface area contributed by atoms with Crippen molar-refractivity contribution in [2.75, 3.05) is 13.1 Å². The van der Waals surface area contributed by atoms with E-state index in [1.807, 2.05) is 20.8 Å². The Balaban J connectivity index is 4.19. The van der Waals surface area contributed by atoms with E-state index in [2.05, 4.69) is 5.92 Å². The molecule has 1 unspecified atom stereocenters. The molecule has 2 heteroatoms. The maximum absolute atomic E-state index is 11.7. The Morgan fingerprint density at radius 3 is 2.54 bits per heavy atom. The molecule has 1 atom stereocenters. The summed E-state index contributed by atoms with van der Waals surface area (Å²) in [5.41, 5.74) is 0. The molecule has 0 rings (SSSR count). The largest absolute Gasteiger partial charge is 0.331 e. The summed E-state index contributed by atoms with van der Waals surface area (Å²) in [6, 6.07) is 0. The molecule has 0 aromatic carbocycles. The lowest BCUT2D eigenvalue weighted by Crippen LogP contribution is -2.35. The number of hydrogen-bond donors (Lipinski definition) is 0. The number of carbonyl (C=O) groups excluding carboxylic acids is 1. The minimum atomic E-state index is 0.0971. The minimum Gasteiger partial charge on any atom is -0.331 e. The molecule has 2 nitrogen and oxygen atoms in total. The number of carbonyl (C=O) groups is 1. The Morgan fingerprint density at radius 1 is 1.54 bits per heavy atom. The van der Waals surface area contributed by atoms with E-state index in [0.29, 0.717) is 6.54 Å². The molecule has 0 heterocycles. The molecule has 0 radical (unpaired) electrons. The van der Waals surface area contributed by atoms with Crippen LogP contribution >= 0.6 is 0 Å². The van der Waals surface area contributed by atoms with Gasteiger partial charge in [-0.1, -0.05) is 26.7 Å². The van der Waals surface area contributed by atoms with E-state index < -0.39 is 0 Å². The summed E-state index contributed by atoms with van der Waals surface area (Å²) in [4.78, 5) is 13.4. The molecule has 0 aliphatic carbocycles. The standard InChI is InChI=1S/C11H19NO/c1-5-8-12(9-6-2)11(13)10(4)7-3/h1,10H,6-9H2,2-4H3. The van der Waals surface area contributed by atoms with E-state index >= 15 is 0 Å². The molecule has 0 aromatic heterocycles. The maximum Gasteiger partial charge on any atom is 0.226 e. The number of rotatable bonds is 5. The first kappa shape index (κ1) is 12.0. The molecular weight excluding hydrogens is 162 g/mol. The highest BCUT2D eigenvalue weighted by atomic mass is 16.2.